The standard InChI is InChI=1S/C18H22N2O3S2/c21-18(14-16-4-3-13-24-16)19-10-9-15-5-7-17(8-6-15)25(22,23)20-11-1-2-12-20/h3-8,13H,1-2,9-12,14H2,(H,19,21). The summed E-state index contributed by atoms with van der Waals surface area (Å²) >= 11 is 1.57. The molecule has 1 aliphatic heterocycles. The molecule has 2 aromatic rings. The summed E-state index contributed by atoms with van der Waals surface area (Å²) in [5.74, 6) is 0.00989. The Balaban J connectivity index is 1.50. The summed E-state index contributed by atoms with van der Waals surface area (Å²) in [6, 6.07) is 10.9. The molecule has 0 atom stereocenters. The Morgan fingerprint density at radius 2 is 1.84 bits per heavy atom. The summed E-state index contributed by atoms with van der Waals surface area (Å²) in [7, 11) is -3.35. The van der Waals surface area contributed by atoms with Crippen molar-refractivity contribution in [1.29, 1.82) is 0 Å². The van der Waals surface area contributed by atoms with Crippen LogP contribution in [0.3, 0.4) is 0 Å². The molecule has 0 bridgehead atoms. The SMILES string of the molecule is O=C(Cc1cccs1)NCCc1ccc(S(=O)(=O)N2CCCC2)cc1. The van der Waals surface area contributed by atoms with E-state index in [1.165, 1.54) is 0 Å². The first kappa shape index (κ1) is 18.1. The molecule has 3 rings (SSSR count). The van der Waals surface area contributed by atoms with E-state index in [1.54, 1.807) is 27.8 Å². The van der Waals surface area contributed by atoms with E-state index in [4.69, 9.17) is 0 Å². The number of benzene rings is 1. The second-order valence-electron chi connectivity index (χ2n) is 6.11. The lowest BCUT2D eigenvalue weighted by Gasteiger charge is -2.15. The third-order valence-electron chi connectivity index (χ3n) is 4.28. The third kappa shape index (κ3) is 4.68. The van der Waals surface area contributed by atoms with Gasteiger partial charge in [-0.2, -0.15) is 4.31 Å². The Kier molecular flexibility index (Phi) is 5.88. The minimum atomic E-state index is -3.35. The van der Waals surface area contributed by atoms with Gasteiger partial charge in [-0.15, -0.1) is 11.3 Å². The summed E-state index contributed by atoms with van der Waals surface area (Å²) in [5, 5.41) is 4.86. The zero-order valence-corrected chi connectivity index (χ0v) is 15.6. The lowest BCUT2D eigenvalue weighted by molar-refractivity contribution is -0.120. The van der Waals surface area contributed by atoms with Crippen LogP contribution < -0.4 is 5.32 Å². The van der Waals surface area contributed by atoms with E-state index in [9.17, 15) is 13.2 Å². The molecule has 7 heteroatoms. The molecule has 0 spiro atoms. The topological polar surface area (TPSA) is 66.5 Å². The van der Waals surface area contributed by atoms with Crippen LogP contribution in [-0.4, -0.2) is 38.3 Å². The number of nitrogens with zero attached hydrogens (tertiary/aromatic N) is 1. The van der Waals surface area contributed by atoms with Crippen molar-refractivity contribution in [3.8, 4) is 0 Å². The van der Waals surface area contributed by atoms with Crippen molar-refractivity contribution >= 4 is 27.3 Å². The Bertz CT molecular complexity index is 793. The van der Waals surface area contributed by atoms with Gasteiger partial charge in [-0.25, -0.2) is 8.42 Å². The normalized spacial score (nSPS) is 15.4. The van der Waals surface area contributed by atoms with Crippen molar-refractivity contribution in [2.75, 3.05) is 19.6 Å². The molecule has 1 aromatic heterocycles. The fraction of sp³-hybridized carbons (Fsp3) is 0.389. The third-order valence-corrected chi connectivity index (χ3v) is 7.07. The fourth-order valence-electron chi connectivity index (χ4n) is 2.89. The monoisotopic (exact) mass is 378 g/mol. The van der Waals surface area contributed by atoms with Gasteiger partial charge < -0.3 is 5.32 Å². The van der Waals surface area contributed by atoms with E-state index >= 15 is 0 Å². The van der Waals surface area contributed by atoms with Crippen LogP contribution in [0.15, 0.2) is 46.7 Å². The maximum Gasteiger partial charge on any atom is 0.243 e. The van der Waals surface area contributed by atoms with Gasteiger partial charge in [0, 0.05) is 24.5 Å². The first-order chi connectivity index (χ1) is 12.1. The van der Waals surface area contributed by atoms with Crippen LogP contribution in [0.2, 0.25) is 0 Å². The number of hydrogen-bond acceptors (Lipinski definition) is 4. The predicted molar refractivity (Wildman–Crippen MR) is 99.2 cm³/mol. The largest absolute Gasteiger partial charge is 0.355 e. The average Bonchev–Trinajstić information content (AvgIpc) is 3.29. The molecule has 0 unspecified atom stereocenters. The van der Waals surface area contributed by atoms with E-state index in [-0.39, 0.29) is 5.91 Å². The zero-order chi connectivity index (χ0) is 17.7. The van der Waals surface area contributed by atoms with Gasteiger partial charge in [0.25, 0.3) is 0 Å². The summed E-state index contributed by atoms with van der Waals surface area (Å²) in [4.78, 5) is 13.2. The van der Waals surface area contributed by atoms with E-state index in [1.807, 2.05) is 29.6 Å². The van der Waals surface area contributed by atoms with Crippen LogP contribution in [0.5, 0.6) is 0 Å². The second kappa shape index (κ2) is 8.12. The summed E-state index contributed by atoms with van der Waals surface area (Å²) < 4.78 is 26.5. The minimum Gasteiger partial charge on any atom is -0.355 e. The predicted octanol–water partition coefficient (Wildman–Crippen LogP) is 2.43. The van der Waals surface area contributed by atoms with Crippen molar-refractivity contribution in [3.63, 3.8) is 0 Å². The van der Waals surface area contributed by atoms with E-state index in [2.05, 4.69) is 5.32 Å². The van der Waals surface area contributed by atoms with Crippen molar-refractivity contribution < 1.29 is 13.2 Å². The molecule has 0 aliphatic carbocycles. The summed E-state index contributed by atoms with van der Waals surface area (Å²) in [6.45, 7) is 1.77. The van der Waals surface area contributed by atoms with Gasteiger partial charge in [0.15, 0.2) is 0 Å². The van der Waals surface area contributed by atoms with E-state index in [0.29, 0.717) is 37.4 Å². The summed E-state index contributed by atoms with van der Waals surface area (Å²) in [6.07, 6.45) is 2.95. The Labute approximate surface area is 152 Å². The molecule has 0 radical (unpaired) electrons. The van der Waals surface area contributed by atoms with Crippen LogP contribution >= 0.6 is 11.3 Å². The lowest BCUT2D eigenvalue weighted by Crippen LogP contribution is -2.28. The van der Waals surface area contributed by atoms with Crippen LogP contribution in [0.25, 0.3) is 0 Å². The highest BCUT2D eigenvalue weighted by atomic mass is 32.2. The van der Waals surface area contributed by atoms with E-state index < -0.39 is 10.0 Å². The number of nitrogens with one attached hydrogen (secondary N) is 1. The molecule has 2 heterocycles. The van der Waals surface area contributed by atoms with Gasteiger partial charge in [0.2, 0.25) is 15.9 Å². The molecule has 134 valence electrons. The van der Waals surface area contributed by atoms with Crippen LogP contribution in [0.4, 0.5) is 0 Å². The number of sulfonamides is 1. The second-order valence-corrected chi connectivity index (χ2v) is 9.08. The van der Waals surface area contributed by atoms with Gasteiger partial charge in [-0.1, -0.05) is 18.2 Å². The summed E-state index contributed by atoms with van der Waals surface area (Å²) in [5.41, 5.74) is 1.01. The molecule has 1 fully saturated rings. The van der Waals surface area contributed by atoms with Crippen LogP contribution in [0, 0.1) is 0 Å². The molecule has 25 heavy (non-hydrogen) atoms. The maximum atomic E-state index is 12.5. The average molecular weight is 379 g/mol. The molecule has 1 N–H and O–H groups in total. The van der Waals surface area contributed by atoms with Crippen molar-refractivity contribution in [2.45, 2.75) is 30.6 Å². The molecule has 5 nitrogen and oxygen atoms in total. The smallest absolute Gasteiger partial charge is 0.243 e. The quantitative estimate of drug-likeness (QED) is 0.805. The van der Waals surface area contributed by atoms with Crippen LogP contribution in [-0.2, 0) is 27.7 Å². The Hall–Kier alpha value is -1.70. The first-order valence-electron chi connectivity index (χ1n) is 8.44. The lowest BCUT2D eigenvalue weighted by atomic mass is 10.1. The molecular weight excluding hydrogens is 356 g/mol. The van der Waals surface area contributed by atoms with Crippen LogP contribution in [0.1, 0.15) is 23.3 Å². The Morgan fingerprint density at radius 3 is 2.48 bits per heavy atom. The van der Waals surface area contributed by atoms with Gasteiger partial charge in [0.1, 0.15) is 0 Å². The maximum absolute atomic E-state index is 12.5. The highest BCUT2D eigenvalue weighted by Crippen LogP contribution is 2.21. The molecule has 1 aliphatic rings. The minimum absolute atomic E-state index is 0.00989. The van der Waals surface area contributed by atoms with Crippen molar-refractivity contribution in [1.82, 2.24) is 9.62 Å². The van der Waals surface area contributed by atoms with Gasteiger partial charge in [0.05, 0.1) is 11.3 Å². The molecule has 0 saturated carbocycles. The number of hydrogen-bond donors (Lipinski definition) is 1. The van der Waals surface area contributed by atoms with Crippen molar-refractivity contribution in [3.05, 3.63) is 52.2 Å². The number of rotatable bonds is 7. The number of thiophene rings is 1. The molecule has 1 aromatic carbocycles. The van der Waals surface area contributed by atoms with Gasteiger partial charge in [-0.3, -0.25) is 4.79 Å². The van der Waals surface area contributed by atoms with Gasteiger partial charge >= 0.3 is 0 Å². The fourth-order valence-corrected chi connectivity index (χ4v) is 5.11. The molecule has 1 saturated heterocycles. The molecular formula is C18H22N2O3S2. The number of carbonyl (C=O) groups excluding carboxylic acids is 1. The first-order valence-corrected chi connectivity index (χ1v) is 10.8. The number of carbonyl (C=O) groups is 1. The Morgan fingerprint density at radius 1 is 1.12 bits per heavy atom. The van der Waals surface area contributed by atoms with Gasteiger partial charge in [-0.05, 0) is 48.4 Å². The molecule has 1 amide bonds. The van der Waals surface area contributed by atoms with E-state index in [0.717, 1.165) is 23.3 Å². The highest BCUT2D eigenvalue weighted by Gasteiger charge is 2.26. The van der Waals surface area contributed by atoms with Crippen molar-refractivity contribution in [2.24, 2.45) is 0 Å². The highest BCUT2D eigenvalue weighted by molar-refractivity contribution is 7.89. The zero-order valence-electron chi connectivity index (χ0n) is 14.0. The number of amides is 1.